The molecule has 1 aliphatic carbocycles. The minimum Gasteiger partial charge on any atom is -0.465 e. The van der Waals surface area contributed by atoms with Crippen molar-refractivity contribution in [2.45, 2.75) is 31.2 Å². The van der Waals surface area contributed by atoms with Crippen LogP contribution in [0.15, 0.2) is 18.2 Å². The van der Waals surface area contributed by atoms with Gasteiger partial charge in [-0.3, -0.25) is 14.5 Å². The van der Waals surface area contributed by atoms with E-state index >= 15 is 0 Å². The Labute approximate surface area is 166 Å². The van der Waals surface area contributed by atoms with Crippen LogP contribution in [0.4, 0.5) is 10.5 Å². The molecule has 0 radical (unpaired) electrons. The van der Waals surface area contributed by atoms with Gasteiger partial charge in [0, 0.05) is 5.69 Å². The lowest BCUT2D eigenvalue weighted by molar-refractivity contribution is -0.133. The molecule has 29 heavy (non-hydrogen) atoms. The second-order valence-corrected chi connectivity index (χ2v) is 6.94. The largest absolute Gasteiger partial charge is 0.465 e. The first-order chi connectivity index (χ1) is 13.8. The van der Waals surface area contributed by atoms with Gasteiger partial charge in [-0.1, -0.05) is 12.8 Å². The van der Waals surface area contributed by atoms with Gasteiger partial charge in [-0.25, -0.2) is 14.4 Å². The number of carbonyl (C=O) groups excluding carboxylic acids is 5. The average Bonchev–Trinajstić information content (AvgIpc) is 3.27. The highest BCUT2D eigenvalue weighted by Crippen LogP contribution is 2.34. The summed E-state index contributed by atoms with van der Waals surface area (Å²) in [6, 6.07) is 3.31. The van der Waals surface area contributed by atoms with E-state index in [-0.39, 0.29) is 16.8 Å². The van der Waals surface area contributed by atoms with E-state index < -0.39 is 41.9 Å². The molecule has 10 nitrogen and oxygen atoms in total. The van der Waals surface area contributed by atoms with Crippen molar-refractivity contribution in [1.29, 1.82) is 0 Å². The molecule has 1 aromatic rings. The summed E-state index contributed by atoms with van der Waals surface area (Å²) in [4.78, 5) is 61.8. The van der Waals surface area contributed by atoms with Crippen molar-refractivity contribution in [1.82, 2.24) is 10.2 Å². The summed E-state index contributed by atoms with van der Waals surface area (Å²) in [6.07, 6.45) is 2.78. The maximum absolute atomic E-state index is 12.6. The van der Waals surface area contributed by atoms with Gasteiger partial charge in [-0.15, -0.1) is 0 Å². The number of carbonyl (C=O) groups is 5. The highest BCUT2D eigenvalue weighted by atomic mass is 16.5. The van der Waals surface area contributed by atoms with Crippen LogP contribution in [-0.2, 0) is 19.1 Å². The van der Waals surface area contributed by atoms with Gasteiger partial charge in [0.1, 0.15) is 12.1 Å². The predicted octanol–water partition coefficient (Wildman–Crippen LogP) is 1.06. The first-order valence-electron chi connectivity index (χ1n) is 9.05. The maximum Gasteiger partial charge on any atom is 0.337 e. The fourth-order valence-corrected chi connectivity index (χ4v) is 3.65. The van der Waals surface area contributed by atoms with Crippen LogP contribution in [-0.4, -0.2) is 61.0 Å². The van der Waals surface area contributed by atoms with Crippen LogP contribution in [0.2, 0.25) is 0 Å². The molecule has 1 saturated carbocycles. The van der Waals surface area contributed by atoms with Crippen molar-refractivity contribution in [2.24, 2.45) is 0 Å². The first kappa shape index (κ1) is 20.3. The van der Waals surface area contributed by atoms with Crippen molar-refractivity contribution in [3.63, 3.8) is 0 Å². The van der Waals surface area contributed by atoms with E-state index in [2.05, 4.69) is 20.1 Å². The zero-order valence-electron chi connectivity index (χ0n) is 16.1. The Morgan fingerprint density at radius 1 is 1.03 bits per heavy atom. The molecule has 0 bridgehead atoms. The van der Waals surface area contributed by atoms with Crippen molar-refractivity contribution in [2.75, 3.05) is 26.1 Å². The summed E-state index contributed by atoms with van der Waals surface area (Å²) >= 11 is 0. The lowest BCUT2D eigenvalue weighted by Gasteiger charge is -2.19. The Morgan fingerprint density at radius 2 is 1.59 bits per heavy atom. The number of urea groups is 1. The van der Waals surface area contributed by atoms with Crippen LogP contribution in [0, 0.1) is 0 Å². The molecular weight excluding hydrogens is 382 g/mol. The number of methoxy groups -OCH3 is 2. The van der Waals surface area contributed by atoms with E-state index in [9.17, 15) is 24.0 Å². The number of hydrogen-bond donors (Lipinski definition) is 2. The van der Waals surface area contributed by atoms with Gasteiger partial charge in [0.25, 0.3) is 5.91 Å². The Kier molecular flexibility index (Phi) is 5.53. The number of amides is 4. The van der Waals surface area contributed by atoms with E-state index in [4.69, 9.17) is 0 Å². The summed E-state index contributed by atoms with van der Waals surface area (Å²) in [6.45, 7) is -0.484. The van der Waals surface area contributed by atoms with Gasteiger partial charge in [-0.05, 0) is 31.0 Å². The fourth-order valence-electron chi connectivity index (χ4n) is 3.65. The van der Waals surface area contributed by atoms with Gasteiger partial charge in [0.2, 0.25) is 5.91 Å². The summed E-state index contributed by atoms with van der Waals surface area (Å²) in [7, 11) is 2.36. The molecule has 0 unspecified atom stereocenters. The fraction of sp³-hybridized carbons (Fsp3) is 0.421. The summed E-state index contributed by atoms with van der Waals surface area (Å²) < 4.78 is 9.29. The minimum atomic E-state index is -0.903. The normalized spacial score (nSPS) is 17.2. The molecule has 0 atom stereocenters. The third-order valence-corrected chi connectivity index (χ3v) is 5.06. The summed E-state index contributed by atoms with van der Waals surface area (Å²) in [5, 5.41) is 5.20. The highest BCUT2D eigenvalue weighted by Gasteiger charge is 2.52. The molecule has 3 rings (SSSR count). The lowest BCUT2D eigenvalue weighted by Crippen LogP contribution is -2.44. The summed E-state index contributed by atoms with van der Waals surface area (Å²) in [5.74, 6) is -2.47. The van der Waals surface area contributed by atoms with E-state index in [0.29, 0.717) is 12.8 Å². The molecule has 1 saturated heterocycles. The third-order valence-electron chi connectivity index (χ3n) is 5.06. The number of esters is 2. The van der Waals surface area contributed by atoms with E-state index in [1.165, 1.54) is 32.4 Å². The van der Waals surface area contributed by atoms with Gasteiger partial charge in [-0.2, -0.15) is 0 Å². The third kappa shape index (κ3) is 3.91. The number of anilines is 1. The molecule has 2 fully saturated rings. The molecule has 1 heterocycles. The predicted molar refractivity (Wildman–Crippen MR) is 99.2 cm³/mol. The minimum absolute atomic E-state index is 0.0330. The Bertz CT molecular complexity index is 856. The Morgan fingerprint density at radius 3 is 2.10 bits per heavy atom. The molecule has 1 spiro atoms. The van der Waals surface area contributed by atoms with Crippen molar-refractivity contribution < 1.29 is 33.4 Å². The number of ether oxygens (including phenoxy) is 2. The van der Waals surface area contributed by atoms with Crippen LogP contribution in [0.3, 0.4) is 0 Å². The average molecular weight is 403 g/mol. The second kappa shape index (κ2) is 7.90. The van der Waals surface area contributed by atoms with Crippen LogP contribution >= 0.6 is 0 Å². The quantitative estimate of drug-likeness (QED) is 0.555. The van der Waals surface area contributed by atoms with Crippen molar-refractivity contribution in [3.05, 3.63) is 29.3 Å². The molecule has 2 N–H and O–H groups in total. The number of rotatable bonds is 5. The highest BCUT2D eigenvalue weighted by molar-refractivity contribution is 6.10. The Hall–Kier alpha value is -3.43. The zero-order valence-corrected chi connectivity index (χ0v) is 16.1. The number of nitrogens with one attached hydrogen (secondary N) is 2. The van der Waals surface area contributed by atoms with E-state index in [0.717, 1.165) is 17.7 Å². The second-order valence-electron chi connectivity index (χ2n) is 6.94. The topological polar surface area (TPSA) is 131 Å². The lowest BCUT2D eigenvalue weighted by atomic mass is 9.98. The van der Waals surface area contributed by atoms with E-state index in [1.54, 1.807) is 0 Å². The maximum atomic E-state index is 12.6. The van der Waals surface area contributed by atoms with Gasteiger partial charge < -0.3 is 20.1 Å². The molecule has 154 valence electrons. The monoisotopic (exact) mass is 403 g/mol. The number of benzene rings is 1. The van der Waals surface area contributed by atoms with E-state index in [1.807, 2.05) is 0 Å². The van der Waals surface area contributed by atoms with Gasteiger partial charge in [0.15, 0.2) is 0 Å². The van der Waals surface area contributed by atoms with Crippen LogP contribution < -0.4 is 10.6 Å². The van der Waals surface area contributed by atoms with Crippen LogP contribution in [0.1, 0.15) is 46.4 Å². The molecule has 1 aliphatic heterocycles. The molecule has 2 aliphatic rings. The Balaban J connectivity index is 1.76. The molecule has 0 aromatic heterocycles. The molecule has 1 aromatic carbocycles. The zero-order chi connectivity index (χ0) is 21.2. The number of nitrogens with zero attached hydrogens (tertiary/aromatic N) is 1. The molecule has 10 heteroatoms. The molecular formula is C19H21N3O7. The standard InChI is InChI=1S/C19H21N3O7/c1-28-15(24)11-7-12(16(25)29-2)9-13(8-11)20-14(23)10-22-17(26)19(21-18(22)27)5-3-4-6-19/h7-9H,3-6,10H2,1-2H3,(H,20,23)(H,21,27). The first-order valence-corrected chi connectivity index (χ1v) is 9.05. The van der Waals surface area contributed by atoms with Crippen LogP contribution in [0.5, 0.6) is 0 Å². The molecule has 4 amide bonds. The van der Waals surface area contributed by atoms with Crippen molar-refractivity contribution >= 4 is 35.5 Å². The van der Waals surface area contributed by atoms with Gasteiger partial charge >= 0.3 is 18.0 Å². The van der Waals surface area contributed by atoms with Gasteiger partial charge in [0.05, 0.1) is 25.3 Å². The number of imide groups is 1. The smallest absolute Gasteiger partial charge is 0.337 e. The number of hydrogen-bond acceptors (Lipinski definition) is 7. The summed E-state index contributed by atoms with van der Waals surface area (Å²) in [5.41, 5.74) is -0.711. The van der Waals surface area contributed by atoms with Crippen molar-refractivity contribution in [3.8, 4) is 0 Å². The van der Waals surface area contributed by atoms with Crippen LogP contribution in [0.25, 0.3) is 0 Å². The SMILES string of the molecule is COC(=O)c1cc(NC(=O)CN2C(=O)NC3(CCCC3)C2=O)cc(C(=O)OC)c1.